The van der Waals surface area contributed by atoms with Crippen LogP contribution in [0.15, 0.2) is 53.6 Å². The van der Waals surface area contributed by atoms with Gasteiger partial charge < -0.3 is 4.57 Å². The number of carbonyl (C=O) groups is 1. The van der Waals surface area contributed by atoms with Crippen molar-refractivity contribution in [3.8, 4) is 6.07 Å². The monoisotopic (exact) mass is 238 g/mol. The number of aromatic nitrogens is 1. The van der Waals surface area contributed by atoms with Crippen LogP contribution in [0.3, 0.4) is 0 Å². The zero-order chi connectivity index (χ0) is 13.0. The molecule has 0 fully saturated rings. The molecule has 0 aliphatic heterocycles. The zero-order valence-corrected chi connectivity index (χ0v) is 9.54. The van der Waals surface area contributed by atoms with Crippen molar-refractivity contribution in [2.75, 3.05) is 0 Å². The highest BCUT2D eigenvalue weighted by Crippen LogP contribution is 2.05. The first kappa shape index (κ1) is 11.8. The topological polar surface area (TPSA) is 62.9 Å². The number of benzene rings is 1. The Hall–Kier alpha value is -2.67. The summed E-state index contributed by atoms with van der Waals surface area (Å²) in [7, 11) is 0. The minimum atomic E-state index is -0.0860. The molecule has 0 radical (unpaired) electrons. The van der Waals surface area contributed by atoms with Crippen molar-refractivity contribution in [3.05, 3.63) is 70.1 Å². The smallest absolute Gasteiger partial charge is 0.182 e. The van der Waals surface area contributed by atoms with Gasteiger partial charge in [0.05, 0.1) is 18.2 Å². The third-order valence-corrected chi connectivity index (χ3v) is 2.52. The minimum Gasteiger partial charge on any atom is -0.346 e. The lowest BCUT2D eigenvalue weighted by Gasteiger charge is -2.04. The number of nitrogens with zero attached hydrogens (tertiary/aromatic N) is 2. The molecule has 88 valence electrons. The van der Waals surface area contributed by atoms with Crippen molar-refractivity contribution in [2.45, 2.75) is 6.54 Å². The maximum absolute atomic E-state index is 11.9. The molecule has 18 heavy (non-hydrogen) atoms. The van der Waals surface area contributed by atoms with Gasteiger partial charge in [0.15, 0.2) is 11.2 Å². The summed E-state index contributed by atoms with van der Waals surface area (Å²) < 4.78 is 1.64. The summed E-state index contributed by atoms with van der Waals surface area (Å²) in [6.45, 7) is 0.173. The molecule has 1 aromatic heterocycles. The van der Waals surface area contributed by atoms with Gasteiger partial charge in [-0.2, -0.15) is 5.26 Å². The molecule has 0 N–H and O–H groups in total. The normalized spacial score (nSPS) is 9.72. The standard InChI is InChI=1S/C14H10N2O2/c15-9-11-1-3-12(4-2-11)14(18)10-16-7-5-13(17)6-8-16/h1-8H,10H2. The van der Waals surface area contributed by atoms with E-state index < -0.39 is 0 Å². The van der Waals surface area contributed by atoms with Gasteiger partial charge in [-0.15, -0.1) is 0 Å². The molecule has 0 aliphatic rings. The average molecular weight is 238 g/mol. The molecule has 0 amide bonds. The lowest BCUT2D eigenvalue weighted by molar-refractivity contribution is 0.0972. The summed E-state index contributed by atoms with van der Waals surface area (Å²) in [4.78, 5) is 22.8. The van der Waals surface area contributed by atoms with Crippen LogP contribution in [0, 0.1) is 11.3 Å². The Bertz CT molecular complexity index is 643. The molecule has 0 unspecified atom stereocenters. The van der Waals surface area contributed by atoms with Crippen molar-refractivity contribution < 1.29 is 4.79 Å². The van der Waals surface area contributed by atoms with Gasteiger partial charge in [0, 0.05) is 30.1 Å². The van der Waals surface area contributed by atoms with Gasteiger partial charge in [-0.1, -0.05) is 12.1 Å². The lowest BCUT2D eigenvalue weighted by Crippen LogP contribution is -2.12. The molecule has 1 heterocycles. The zero-order valence-electron chi connectivity index (χ0n) is 9.54. The number of ketones is 1. The van der Waals surface area contributed by atoms with Gasteiger partial charge >= 0.3 is 0 Å². The molecule has 2 aromatic rings. The summed E-state index contributed by atoms with van der Waals surface area (Å²) in [6.07, 6.45) is 3.15. The van der Waals surface area contributed by atoms with Crippen LogP contribution in [0.5, 0.6) is 0 Å². The predicted octanol–water partition coefficient (Wildman–Crippen LogP) is 1.60. The van der Waals surface area contributed by atoms with Crippen molar-refractivity contribution in [1.29, 1.82) is 5.26 Å². The fourth-order valence-electron chi connectivity index (χ4n) is 1.54. The number of carbonyl (C=O) groups excluding carboxylic acids is 1. The molecule has 1 aromatic carbocycles. The lowest BCUT2D eigenvalue weighted by atomic mass is 10.1. The quantitative estimate of drug-likeness (QED) is 0.763. The van der Waals surface area contributed by atoms with Gasteiger partial charge in [0.2, 0.25) is 0 Å². The highest BCUT2D eigenvalue weighted by molar-refractivity contribution is 5.95. The highest BCUT2D eigenvalue weighted by atomic mass is 16.1. The van der Waals surface area contributed by atoms with Crippen LogP contribution in [-0.2, 0) is 6.54 Å². The molecule has 0 saturated heterocycles. The Balaban J connectivity index is 2.14. The number of rotatable bonds is 3. The summed E-state index contributed by atoms with van der Waals surface area (Å²) in [6, 6.07) is 11.3. The first-order chi connectivity index (χ1) is 8.69. The van der Waals surface area contributed by atoms with Crippen LogP contribution in [-0.4, -0.2) is 10.4 Å². The first-order valence-electron chi connectivity index (χ1n) is 5.38. The van der Waals surface area contributed by atoms with Gasteiger partial charge in [0.1, 0.15) is 0 Å². The van der Waals surface area contributed by atoms with Crippen molar-refractivity contribution >= 4 is 5.78 Å². The molecular formula is C14H10N2O2. The first-order valence-corrected chi connectivity index (χ1v) is 5.38. The SMILES string of the molecule is N#Cc1ccc(C(=O)Cn2ccc(=O)cc2)cc1. The van der Waals surface area contributed by atoms with Crippen molar-refractivity contribution in [1.82, 2.24) is 4.57 Å². The number of pyridine rings is 1. The highest BCUT2D eigenvalue weighted by Gasteiger charge is 2.05. The number of hydrogen-bond acceptors (Lipinski definition) is 3. The molecule has 0 atom stereocenters. The summed E-state index contributed by atoms with van der Waals surface area (Å²) >= 11 is 0. The molecule has 2 rings (SSSR count). The number of Topliss-reactive ketones (excluding diaryl/α,β-unsaturated/α-hetero) is 1. The molecular weight excluding hydrogens is 228 g/mol. The fraction of sp³-hybridized carbons (Fsp3) is 0.0714. The van der Waals surface area contributed by atoms with Crippen LogP contribution in [0.1, 0.15) is 15.9 Å². The van der Waals surface area contributed by atoms with Crippen LogP contribution in [0.25, 0.3) is 0 Å². The third kappa shape index (κ3) is 2.71. The van der Waals surface area contributed by atoms with Crippen molar-refractivity contribution in [2.24, 2.45) is 0 Å². The third-order valence-electron chi connectivity index (χ3n) is 2.52. The van der Waals surface area contributed by atoms with Crippen LogP contribution < -0.4 is 5.43 Å². The van der Waals surface area contributed by atoms with Crippen molar-refractivity contribution in [3.63, 3.8) is 0 Å². The van der Waals surface area contributed by atoms with Gasteiger partial charge in [-0.25, -0.2) is 0 Å². The minimum absolute atomic E-state index is 0.0665. The number of nitriles is 1. The second-order valence-electron chi connectivity index (χ2n) is 3.82. The van der Waals surface area contributed by atoms with Gasteiger partial charge in [-0.05, 0) is 12.1 Å². The van der Waals surface area contributed by atoms with E-state index >= 15 is 0 Å². The predicted molar refractivity (Wildman–Crippen MR) is 66.2 cm³/mol. The average Bonchev–Trinajstić information content (AvgIpc) is 2.41. The molecule has 4 heteroatoms. The largest absolute Gasteiger partial charge is 0.346 e. The van der Waals surface area contributed by atoms with E-state index in [0.717, 1.165) is 0 Å². The van der Waals surface area contributed by atoms with E-state index in [1.54, 1.807) is 41.2 Å². The maximum Gasteiger partial charge on any atom is 0.182 e. The second-order valence-corrected chi connectivity index (χ2v) is 3.82. The summed E-state index contributed by atoms with van der Waals surface area (Å²) in [5, 5.41) is 8.66. The Morgan fingerprint density at radius 1 is 1.11 bits per heavy atom. The van der Waals surface area contributed by atoms with Gasteiger partial charge in [-0.3, -0.25) is 9.59 Å². The van der Waals surface area contributed by atoms with E-state index in [0.29, 0.717) is 11.1 Å². The van der Waals surface area contributed by atoms with Crippen LogP contribution in [0.4, 0.5) is 0 Å². The summed E-state index contributed by atoms with van der Waals surface area (Å²) in [5.74, 6) is -0.0665. The van der Waals surface area contributed by atoms with Crippen LogP contribution in [0.2, 0.25) is 0 Å². The molecule has 0 bridgehead atoms. The van der Waals surface area contributed by atoms with Crippen LogP contribution >= 0.6 is 0 Å². The molecule has 0 aliphatic carbocycles. The second kappa shape index (κ2) is 5.11. The Morgan fingerprint density at radius 3 is 2.28 bits per heavy atom. The number of hydrogen-bond donors (Lipinski definition) is 0. The van der Waals surface area contributed by atoms with E-state index in [-0.39, 0.29) is 17.8 Å². The fourth-order valence-corrected chi connectivity index (χ4v) is 1.54. The molecule has 4 nitrogen and oxygen atoms in total. The molecule has 0 spiro atoms. The van der Waals surface area contributed by atoms with E-state index in [9.17, 15) is 9.59 Å². The summed E-state index contributed by atoms with van der Waals surface area (Å²) in [5.41, 5.74) is 0.986. The Labute approximate surface area is 104 Å². The Kier molecular flexibility index (Phi) is 3.35. The van der Waals surface area contributed by atoms with E-state index in [1.807, 2.05) is 6.07 Å². The maximum atomic E-state index is 11.9. The van der Waals surface area contributed by atoms with E-state index in [4.69, 9.17) is 5.26 Å². The van der Waals surface area contributed by atoms with Gasteiger partial charge in [0.25, 0.3) is 0 Å². The van der Waals surface area contributed by atoms with E-state index in [2.05, 4.69) is 0 Å². The Morgan fingerprint density at radius 2 is 1.72 bits per heavy atom. The van der Waals surface area contributed by atoms with E-state index in [1.165, 1.54) is 12.1 Å². The molecule has 0 saturated carbocycles.